The number of piperidine rings is 1. The van der Waals surface area contributed by atoms with Crippen LogP contribution in [-0.4, -0.2) is 81.2 Å². The number of hydrogen-bond acceptors (Lipinski definition) is 10. The van der Waals surface area contributed by atoms with Gasteiger partial charge in [0.05, 0.1) is 31.5 Å². The van der Waals surface area contributed by atoms with Crippen molar-refractivity contribution in [3.8, 4) is 34.7 Å². The van der Waals surface area contributed by atoms with Gasteiger partial charge in [-0.05, 0) is 44.0 Å². The molecule has 1 N–H and O–H groups in total. The highest BCUT2D eigenvalue weighted by Crippen LogP contribution is 2.37. The fraction of sp³-hybridized carbons (Fsp3) is 0.400. The molecule has 2 atom stereocenters. The molecule has 0 aromatic carbocycles. The number of aliphatic hydroxyl groups is 1. The first-order chi connectivity index (χ1) is 19.8. The molecule has 11 nitrogen and oxygen atoms in total. The summed E-state index contributed by atoms with van der Waals surface area (Å²) in [4.78, 5) is 14.0. The van der Waals surface area contributed by atoms with Crippen molar-refractivity contribution in [1.82, 2.24) is 24.5 Å². The zero-order chi connectivity index (χ0) is 28.7. The molecule has 3 aliphatic rings. The lowest BCUT2D eigenvalue weighted by molar-refractivity contribution is -0.00876. The van der Waals surface area contributed by atoms with E-state index in [1.165, 1.54) is 19.1 Å². The molecule has 4 aromatic rings. The molecule has 41 heavy (non-hydrogen) atoms. The molecule has 3 saturated heterocycles. The van der Waals surface area contributed by atoms with Crippen molar-refractivity contribution in [2.75, 3.05) is 38.8 Å². The molecule has 2 bridgehead atoms. The van der Waals surface area contributed by atoms with Crippen molar-refractivity contribution in [1.29, 1.82) is 5.26 Å². The second-order valence-corrected chi connectivity index (χ2v) is 11.2. The van der Waals surface area contributed by atoms with E-state index in [1.54, 1.807) is 31.7 Å². The number of aromatic nitrogens is 4. The Morgan fingerprint density at radius 3 is 2.49 bits per heavy atom. The number of hydrogen-bond donors (Lipinski definition) is 1. The highest BCUT2D eigenvalue weighted by atomic mass is 16.5. The molecule has 0 saturated carbocycles. The largest absolute Gasteiger partial charge is 0.489 e. The highest BCUT2D eigenvalue weighted by molar-refractivity contribution is 5.86. The van der Waals surface area contributed by atoms with Crippen molar-refractivity contribution >= 4 is 11.3 Å². The number of fused-ring (bicyclic) bond motifs is 3. The minimum absolute atomic E-state index is 0.0991. The SMILES string of the molecule is COc1ccc(CN2C3CC2CN(c2ccc(-c4cc(OCC(C)(C)O)cn5nc(OC)c(C#N)c45)cn2)C3)cn1. The Balaban J connectivity index is 1.22. The van der Waals surface area contributed by atoms with E-state index in [0.29, 0.717) is 34.8 Å². The fourth-order valence-corrected chi connectivity index (χ4v) is 5.64. The Morgan fingerprint density at radius 2 is 1.88 bits per heavy atom. The summed E-state index contributed by atoms with van der Waals surface area (Å²) in [7, 11) is 3.12. The standard InChI is InChI=1S/C30H33N7O4/c1-30(2,38)18-41-23-10-24(28-25(11-31)29(40-4)34-37(28)17-23)20-6-7-26(32-13-20)35-15-21-9-22(16-35)36(21)14-19-5-8-27(39-3)33-12-19/h5-8,10,12-13,17,21-22,38H,9,14-16,18H2,1-4H3. The number of ether oxygens (including phenoxy) is 3. The zero-order valence-electron chi connectivity index (χ0n) is 23.6. The van der Waals surface area contributed by atoms with E-state index in [2.05, 4.69) is 32.0 Å². The van der Waals surface area contributed by atoms with Crippen molar-refractivity contribution in [3.05, 3.63) is 60.0 Å². The van der Waals surface area contributed by atoms with Gasteiger partial charge >= 0.3 is 0 Å². The van der Waals surface area contributed by atoms with Crippen molar-refractivity contribution in [2.45, 2.75) is 44.5 Å². The predicted octanol–water partition coefficient (Wildman–Crippen LogP) is 3.29. The molecule has 7 rings (SSSR count). The van der Waals surface area contributed by atoms with Crippen LogP contribution in [0.5, 0.6) is 17.5 Å². The molecule has 4 aromatic heterocycles. The van der Waals surface area contributed by atoms with Crippen LogP contribution in [0, 0.1) is 11.3 Å². The highest BCUT2D eigenvalue weighted by Gasteiger charge is 2.44. The summed E-state index contributed by atoms with van der Waals surface area (Å²) >= 11 is 0. The molecule has 11 heteroatoms. The van der Waals surface area contributed by atoms with Gasteiger partial charge in [0.2, 0.25) is 5.88 Å². The second kappa shape index (κ2) is 10.5. The Hall–Kier alpha value is -4.40. The maximum absolute atomic E-state index is 10.2. The van der Waals surface area contributed by atoms with Gasteiger partial charge in [-0.15, -0.1) is 5.10 Å². The summed E-state index contributed by atoms with van der Waals surface area (Å²) in [6.07, 6.45) is 6.59. The lowest BCUT2D eigenvalue weighted by Gasteiger charge is -2.56. The quantitative estimate of drug-likeness (QED) is 0.329. The monoisotopic (exact) mass is 555 g/mol. The van der Waals surface area contributed by atoms with Gasteiger partial charge in [-0.25, -0.2) is 14.5 Å². The number of nitrogens with zero attached hydrogens (tertiary/aromatic N) is 7. The molecule has 0 amide bonds. The van der Waals surface area contributed by atoms with E-state index in [-0.39, 0.29) is 12.5 Å². The Bertz CT molecular complexity index is 1580. The van der Waals surface area contributed by atoms with E-state index >= 15 is 0 Å². The average Bonchev–Trinajstić information content (AvgIpc) is 3.36. The molecular formula is C30H33N7O4. The van der Waals surface area contributed by atoms with Gasteiger partial charge in [-0.2, -0.15) is 5.26 Å². The van der Waals surface area contributed by atoms with Gasteiger partial charge in [0.25, 0.3) is 5.88 Å². The van der Waals surface area contributed by atoms with E-state index in [9.17, 15) is 10.4 Å². The Kier molecular flexibility index (Phi) is 6.89. The zero-order valence-corrected chi connectivity index (χ0v) is 23.6. The smallest absolute Gasteiger partial charge is 0.251 e. The molecule has 3 aliphatic heterocycles. The summed E-state index contributed by atoms with van der Waals surface area (Å²) in [5.74, 6) is 2.30. The van der Waals surface area contributed by atoms with Crippen LogP contribution in [0.25, 0.3) is 16.6 Å². The third-order valence-electron chi connectivity index (χ3n) is 7.67. The molecule has 3 fully saturated rings. The minimum Gasteiger partial charge on any atom is -0.489 e. The van der Waals surface area contributed by atoms with Gasteiger partial charge in [0, 0.05) is 61.3 Å². The topological polar surface area (TPSA) is 121 Å². The van der Waals surface area contributed by atoms with Gasteiger partial charge in [0.15, 0.2) is 0 Å². The van der Waals surface area contributed by atoms with Gasteiger partial charge < -0.3 is 24.2 Å². The number of nitriles is 1. The van der Waals surface area contributed by atoms with Crippen LogP contribution in [0.4, 0.5) is 5.82 Å². The number of piperazine rings is 1. The van der Waals surface area contributed by atoms with Crippen LogP contribution in [0.15, 0.2) is 48.9 Å². The summed E-state index contributed by atoms with van der Waals surface area (Å²) in [6, 6.07) is 13.0. The van der Waals surface area contributed by atoms with Gasteiger partial charge in [-0.1, -0.05) is 6.07 Å². The molecule has 212 valence electrons. The fourth-order valence-electron chi connectivity index (χ4n) is 5.64. The first kappa shape index (κ1) is 26.8. The number of rotatable bonds is 9. The lowest BCUT2D eigenvalue weighted by Crippen LogP contribution is -2.68. The van der Waals surface area contributed by atoms with Crippen molar-refractivity contribution < 1.29 is 19.3 Å². The average molecular weight is 556 g/mol. The van der Waals surface area contributed by atoms with Crippen LogP contribution in [0.1, 0.15) is 31.4 Å². The maximum atomic E-state index is 10.2. The first-order valence-corrected chi connectivity index (χ1v) is 13.6. The van der Waals surface area contributed by atoms with Crippen LogP contribution in [0.2, 0.25) is 0 Å². The molecule has 7 heterocycles. The molecule has 2 unspecified atom stereocenters. The maximum Gasteiger partial charge on any atom is 0.251 e. The molecule has 0 radical (unpaired) electrons. The Morgan fingerprint density at radius 1 is 1.07 bits per heavy atom. The normalized spacial score (nSPS) is 18.6. The van der Waals surface area contributed by atoms with Gasteiger partial charge in [-0.3, -0.25) is 4.90 Å². The molecule has 0 aliphatic carbocycles. The van der Waals surface area contributed by atoms with Crippen molar-refractivity contribution in [3.63, 3.8) is 0 Å². The van der Waals surface area contributed by atoms with Crippen LogP contribution in [0.3, 0.4) is 0 Å². The summed E-state index contributed by atoms with van der Waals surface area (Å²) in [5.41, 5.74) is 2.69. The van der Waals surface area contributed by atoms with E-state index in [4.69, 9.17) is 19.2 Å². The lowest BCUT2D eigenvalue weighted by atomic mass is 9.87. The first-order valence-electron chi connectivity index (χ1n) is 13.6. The van der Waals surface area contributed by atoms with E-state index in [0.717, 1.165) is 36.6 Å². The van der Waals surface area contributed by atoms with Crippen molar-refractivity contribution in [2.24, 2.45) is 0 Å². The molecular weight excluding hydrogens is 522 g/mol. The summed E-state index contributed by atoms with van der Waals surface area (Å²) < 4.78 is 18.0. The number of anilines is 1. The van der Waals surface area contributed by atoms with Crippen LogP contribution < -0.4 is 19.1 Å². The number of pyridine rings is 3. The minimum atomic E-state index is -1.01. The third kappa shape index (κ3) is 5.24. The van der Waals surface area contributed by atoms with Crippen LogP contribution in [-0.2, 0) is 6.54 Å². The summed E-state index contributed by atoms with van der Waals surface area (Å²) in [5, 5.41) is 24.5. The second-order valence-electron chi connectivity index (χ2n) is 11.2. The third-order valence-corrected chi connectivity index (χ3v) is 7.67. The predicted molar refractivity (Wildman–Crippen MR) is 152 cm³/mol. The van der Waals surface area contributed by atoms with E-state index < -0.39 is 5.60 Å². The number of methoxy groups -OCH3 is 2. The van der Waals surface area contributed by atoms with E-state index in [1.807, 2.05) is 36.7 Å². The van der Waals surface area contributed by atoms with Gasteiger partial charge in [0.1, 0.15) is 29.8 Å². The Labute approximate surface area is 238 Å². The molecule has 0 spiro atoms. The summed E-state index contributed by atoms with van der Waals surface area (Å²) in [6.45, 7) is 6.16. The van der Waals surface area contributed by atoms with Crippen LogP contribution >= 0.6 is 0 Å².